The van der Waals surface area contributed by atoms with Crippen molar-refractivity contribution in [3.8, 4) is 0 Å². The zero-order valence-corrected chi connectivity index (χ0v) is 22.0. The predicted molar refractivity (Wildman–Crippen MR) is 137 cm³/mol. The number of thioether (sulfide) groups is 2. The van der Waals surface area contributed by atoms with E-state index in [2.05, 4.69) is 28.8 Å². The summed E-state index contributed by atoms with van der Waals surface area (Å²) < 4.78 is 0. The summed E-state index contributed by atoms with van der Waals surface area (Å²) in [5, 5.41) is 6.06. The summed E-state index contributed by atoms with van der Waals surface area (Å²) in [6, 6.07) is 7.45. The summed E-state index contributed by atoms with van der Waals surface area (Å²) in [7, 11) is 0. The van der Waals surface area contributed by atoms with Crippen molar-refractivity contribution in [2.45, 2.75) is 77.6 Å². The van der Waals surface area contributed by atoms with Gasteiger partial charge in [-0.1, -0.05) is 45.0 Å². The maximum Gasteiger partial charge on any atom is 0.235 e. The Morgan fingerprint density at radius 3 is 1.84 bits per heavy atom. The molecule has 0 aliphatic carbocycles. The van der Waals surface area contributed by atoms with Crippen LogP contribution >= 0.6 is 23.5 Å². The number of nitrogens with two attached hydrogens (primary N) is 1. The second-order valence-corrected chi connectivity index (χ2v) is 12.1. The van der Waals surface area contributed by atoms with E-state index >= 15 is 0 Å². The van der Waals surface area contributed by atoms with E-state index in [1.165, 1.54) is 12.5 Å². The molecule has 0 saturated heterocycles. The van der Waals surface area contributed by atoms with Gasteiger partial charge >= 0.3 is 0 Å². The number of primary amides is 1. The molecule has 0 aliphatic rings. The maximum atomic E-state index is 12.6. The molecule has 1 rings (SSSR count). The molecule has 180 valence electrons. The molecule has 0 radical (unpaired) electrons. The van der Waals surface area contributed by atoms with Gasteiger partial charge in [0, 0.05) is 40.9 Å². The molecule has 32 heavy (non-hydrogen) atoms. The molecule has 8 heteroatoms. The zero-order chi connectivity index (χ0) is 24.5. The molecule has 0 spiro atoms. The fourth-order valence-electron chi connectivity index (χ4n) is 3.07. The Labute approximate surface area is 201 Å². The quantitative estimate of drug-likeness (QED) is 0.422. The number of ketones is 1. The Kier molecular flexibility index (Phi) is 11.3. The van der Waals surface area contributed by atoms with Crippen molar-refractivity contribution in [3.05, 3.63) is 35.4 Å². The molecule has 1 aromatic carbocycles. The van der Waals surface area contributed by atoms with Crippen LogP contribution in [0.4, 0.5) is 0 Å². The highest BCUT2D eigenvalue weighted by Crippen LogP contribution is 2.22. The lowest BCUT2D eigenvalue weighted by atomic mass is 9.87. The van der Waals surface area contributed by atoms with Crippen molar-refractivity contribution >= 4 is 41.1 Å². The van der Waals surface area contributed by atoms with Crippen LogP contribution < -0.4 is 16.4 Å². The average Bonchev–Trinajstić information content (AvgIpc) is 2.64. The number of benzene rings is 1. The van der Waals surface area contributed by atoms with Gasteiger partial charge in [-0.15, -0.1) is 0 Å². The van der Waals surface area contributed by atoms with E-state index in [0.717, 1.165) is 17.1 Å². The van der Waals surface area contributed by atoms with Gasteiger partial charge in [-0.3, -0.25) is 14.4 Å². The van der Waals surface area contributed by atoms with E-state index in [-0.39, 0.29) is 29.2 Å². The van der Waals surface area contributed by atoms with Crippen LogP contribution in [-0.2, 0) is 25.9 Å². The van der Waals surface area contributed by atoms with Crippen molar-refractivity contribution < 1.29 is 14.4 Å². The number of hydrogen-bond donors (Lipinski definition) is 3. The molecule has 0 aliphatic heterocycles. The van der Waals surface area contributed by atoms with Crippen molar-refractivity contribution in [1.29, 1.82) is 0 Å². The van der Waals surface area contributed by atoms with Gasteiger partial charge in [0.05, 0.1) is 12.1 Å². The summed E-state index contributed by atoms with van der Waals surface area (Å²) in [6.45, 7) is 13.1. The third-order valence-electron chi connectivity index (χ3n) is 4.48. The fraction of sp³-hybridized carbons (Fsp3) is 0.625. The monoisotopic (exact) mass is 481 g/mol. The predicted octanol–water partition coefficient (Wildman–Crippen LogP) is 3.51. The Morgan fingerprint density at radius 1 is 0.938 bits per heavy atom. The molecule has 0 aromatic heterocycles. The van der Waals surface area contributed by atoms with Gasteiger partial charge in [-0.2, -0.15) is 23.5 Å². The van der Waals surface area contributed by atoms with Crippen LogP contribution in [0.5, 0.6) is 0 Å². The second kappa shape index (κ2) is 12.7. The minimum atomic E-state index is -0.505. The molecule has 0 saturated carbocycles. The summed E-state index contributed by atoms with van der Waals surface area (Å²) in [6.07, 6.45) is 0. The summed E-state index contributed by atoms with van der Waals surface area (Å²) in [4.78, 5) is 35.9. The molecular weight excluding hydrogens is 442 g/mol. The molecular formula is C24H39N3O3S2. The Bertz CT molecular complexity index is 785. The number of rotatable bonds is 12. The topological polar surface area (TPSA) is 101 Å². The van der Waals surface area contributed by atoms with Crippen LogP contribution in [0.1, 0.15) is 59.6 Å². The van der Waals surface area contributed by atoms with E-state index in [1.807, 2.05) is 47.6 Å². The van der Waals surface area contributed by atoms with Crippen LogP contribution in [0.3, 0.4) is 0 Å². The van der Waals surface area contributed by atoms with Gasteiger partial charge in [0.15, 0.2) is 5.78 Å². The first-order chi connectivity index (χ1) is 14.7. The first-order valence-corrected chi connectivity index (χ1v) is 13.1. The van der Waals surface area contributed by atoms with E-state index in [0.29, 0.717) is 11.5 Å². The van der Waals surface area contributed by atoms with Crippen molar-refractivity contribution in [2.75, 3.05) is 11.5 Å². The van der Waals surface area contributed by atoms with E-state index in [4.69, 9.17) is 5.73 Å². The number of nitrogens with one attached hydrogen (secondary N) is 2. The highest BCUT2D eigenvalue weighted by Gasteiger charge is 2.30. The Hall–Kier alpha value is -1.51. The SMILES string of the molecule is CC(=O)NC(CSCc1cccc(CSCC(NC(C)(C)C)C(N)=O)c1)C(=O)C(C)(C)C. The lowest BCUT2D eigenvalue weighted by Gasteiger charge is -2.26. The normalized spacial score (nSPS) is 14.0. The lowest BCUT2D eigenvalue weighted by Crippen LogP contribution is -2.51. The Morgan fingerprint density at radius 2 is 1.44 bits per heavy atom. The number of hydrogen-bond acceptors (Lipinski definition) is 6. The highest BCUT2D eigenvalue weighted by molar-refractivity contribution is 7.98. The van der Waals surface area contributed by atoms with E-state index < -0.39 is 11.5 Å². The van der Waals surface area contributed by atoms with Crippen molar-refractivity contribution in [1.82, 2.24) is 10.6 Å². The molecule has 0 heterocycles. The fourth-order valence-corrected chi connectivity index (χ4v) is 5.09. The van der Waals surface area contributed by atoms with Crippen molar-refractivity contribution in [3.63, 3.8) is 0 Å². The molecule has 2 amide bonds. The minimum Gasteiger partial charge on any atom is -0.368 e. The van der Waals surface area contributed by atoms with Gasteiger partial charge in [0.1, 0.15) is 0 Å². The molecule has 0 fully saturated rings. The lowest BCUT2D eigenvalue weighted by molar-refractivity contribution is -0.131. The number of amides is 2. The summed E-state index contributed by atoms with van der Waals surface area (Å²) >= 11 is 3.31. The summed E-state index contributed by atoms with van der Waals surface area (Å²) in [5.41, 5.74) is 7.19. The molecule has 2 unspecified atom stereocenters. The molecule has 0 bridgehead atoms. The van der Waals surface area contributed by atoms with Gasteiger partial charge in [-0.05, 0) is 31.9 Å². The van der Waals surface area contributed by atoms with Gasteiger partial charge < -0.3 is 16.4 Å². The third-order valence-corrected chi connectivity index (χ3v) is 6.69. The van der Waals surface area contributed by atoms with Gasteiger partial charge in [-0.25, -0.2) is 0 Å². The van der Waals surface area contributed by atoms with E-state index in [1.54, 1.807) is 23.5 Å². The molecule has 6 nitrogen and oxygen atoms in total. The molecule has 1 aromatic rings. The number of carbonyl (C=O) groups is 3. The minimum absolute atomic E-state index is 0.0400. The second-order valence-electron chi connectivity index (χ2n) is 10.1. The first kappa shape index (κ1) is 28.5. The standard InChI is InChI=1S/C24H39N3O3S2/c1-16(28)26-19(21(29)23(2,3)4)14-31-12-17-9-8-10-18(11-17)13-32-15-20(22(25)30)27-24(5,6)7/h8-11,19-20,27H,12-15H2,1-7H3,(H2,25,30)(H,26,28). The van der Waals surface area contributed by atoms with Gasteiger partial charge in [0.2, 0.25) is 11.8 Å². The van der Waals surface area contributed by atoms with Gasteiger partial charge in [0.25, 0.3) is 0 Å². The first-order valence-electron chi connectivity index (χ1n) is 10.8. The number of Topliss-reactive ketones (excluding diaryl/α,β-unsaturated/α-hetero) is 1. The van der Waals surface area contributed by atoms with E-state index in [9.17, 15) is 14.4 Å². The van der Waals surface area contributed by atoms with Crippen LogP contribution in [-0.4, -0.2) is 46.7 Å². The van der Waals surface area contributed by atoms with Crippen LogP contribution in [0, 0.1) is 5.41 Å². The number of carbonyl (C=O) groups excluding carboxylic acids is 3. The average molecular weight is 482 g/mol. The van der Waals surface area contributed by atoms with Crippen LogP contribution in [0.25, 0.3) is 0 Å². The maximum absolute atomic E-state index is 12.6. The van der Waals surface area contributed by atoms with Crippen LogP contribution in [0.2, 0.25) is 0 Å². The summed E-state index contributed by atoms with van der Waals surface area (Å²) in [5.74, 6) is 2.19. The zero-order valence-electron chi connectivity index (χ0n) is 20.4. The molecule has 2 atom stereocenters. The third kappa shape index (κ3) is 11.4. The van der Waals surface area contributed by atoms with Crippen molar-refractivity contribution in [2.24, 2.45) is 11.1 Å². The van der Waals surface area contributed by atoms with Crippen LogP contribution in [0.15, 0.2) is 24.3 Å². The highest BCUT2D eigenvalue weighted by atomic mass is 32.2. The largest absolute Gasteiger partial charge is 0.368 e. The molecule has 4 N–H and O–H groups in total. The smallest absolute Gasteiger partial charge is 0.235 e. The Balaban J connectivity index is 2.62.